The van der Waals surface area contributed by atoms with Crippen LogP contribution in [0.15, 0.2) is 30.3 Å². The fraction of sp³-hybridized carbons (Fsp3) is 0.462. The molecule has 0 saturated carbocycles. The lowest BCUT2D eigenvalue weighted by Gasteiger charge is -2.28. The number of ether oxygens (including phenoxy) is 1. The molecule has 1 unspecified atom stereocenters. The van der Waals surface area contributed by atoms with Crippen molar-refractivity contribution in [3.8, 4) is 0 Å². The van der Waals surface area contributed by atoms with E-state index in [2.05, 4.69) is 0 Å². The Kier molecular flexibility index (Phi) is 4.07. The lowest BCUT2D eigenvalue weighted by atomic mass is 9.82. The predicted octanol–water partition coefficient (Wildman–Crippen LogP) is 1.76. The molecule has 0 aliphatic carbocycles. The highest BCUT2D eigenvalue weighted by atomic mass is 16.5. The van der Waals surface area contributed by atoms with Crippen LogP contribution >= 0.6 is 0 Å². The summed E-state index contributed by atoms with van der Waals surface area (Å²) in [5, 5.41) is 0. The fourth-order valence-corrected chi connectivity index (χ4v) is 1.54. The molecule has 1 atom stereocenters. The van der Waals surface area contributed by atoms with Crippen molar-refractivity contribution < 1.29 is 9.53 Å². The number of carbonyl (C=O) groups excluding carboxylic acids is 1. The van der Waals surface area contributed by atoms with E-state index < -0.39 is 5.41 Å². The average Bonchev–Trinajstić information content (AvgIpc) is 2.29. The van der Waals surface area contributed by atoms with Crippen LogP contribution in [0.5, 0.6) is 0 Å². The van der Waals surface area contributed by atoms with Crippen LogP contribution in [-0.4, -0.2) is 19.1 Å². The highest BCUT2D eigenvalue weighted by molar-refractivity contribution is 5.76. The predicted molar refractivity (Wildman–Crippen MR) is 63.9 cm³/mol. The Labute approximate surface area is 96.6 Å². The first kappa shape index (κ1) is 12.7. The molecule has 3 nitrogen and oxygen atoms in total. The van der Waals surface area contributed by atoms with Gasteiger partial charge in [-0.05, 0) is 25.8 Å². The van der Waals surface area contributed by atoms with E-state index in [0.717, 1.165) is 5.56 Å². The largest absolute Gasteiger partial charge is 0.469 e. The van der Waals surface area contributed by atoms with Crippen molar-refractivity contribution in [3.05, 3.63) is 35.9 Å². The Hall–Kier alpha value is -1.35. The maximum Gasteiger partial charge on any atom is 0.312 e. The molecule has 0 heterocycles. The smallest absolute Gasteiger partial charge is 0.312 e. The van der Waals surface area contributed by atoms with E-state index in [0.29, 0.717) is 6.42 Å². The number of methoxy groups -OCH3 is 1. The Balaban J connectivity index is 2.72. The average molecular weight is 221 g/mol. The third kappa shape index (κ3) is 2.83. The molecule has 0 aromatic heterocycles. The highest BCUT2D eigenvalue weighted by Gasteiger charge is 2.35. The molecule has 0 amide bonds. The molecule has 88 valence electrons. The Morgan fingerprint density at radius 2 is 1.94 bits per heavy atom. The standard InChI is InChI=1S/C13H19NO2/c1-13(2,12(15)16-3)11(14)9-10-7-5-4-6-8-10/h4-8,11H,9,14H2,1-3H3. The summed E-state index contributed by atoms with van der Waals surface area (Å²) in [6, 6.07) is 9.66. The van der Waals surface area contributed by atoms with Crippen LogP contribution in [0.1, 0.15) is 19.4 Å². The van der Waals surface area contributed by atoms with Crippen molar-refractivity contribution in [3.63, 3.8) is 0 Å². The van der Waals surface area contributed by atoms with E-state index in [9.17, 15) is 4.79 Å². The van der Waals surface area contributed by atoms with Crippen molar-refractivity contribution in [1.29, 1.82) is 0 Å². The summed E-state index contributed by atoms with van der Waals surface area (Å²) < 4.78 is 4.75. The molecule has 1 aromatic rings. The number of hydrogen-bond donors (Lipinski definition) is 1. The molecule has 0 aliphatic heterocycles. The van der Waals surface area contributed by atoms with E-state index in [4.69, 9.17) is 10.5 Å². The molecule has 0 saturated heterocycles. The molecule has 0 bridgehead atoms. The van der Waals surface area contributed by atoms with Crippen molar-refractivity contribution in [2.45, 2.75) is 26.3 Å². The summed E-state index contributed by atoms with van der Waals surface area (Å²) in [7, 11) is 1.39. The van der Waals surface area contributed by atoms with E-state index in [1.165, 1.54) is 7.11 Å². The Bertz CT molecular complexity index is 346. The molecule has 16 heavy (non-hydrogen) atoms. The third-order valence-corrected chi connectivity index (χ3v) is 2.94. The van der Waals surface area contributed by atoms with Gasteiger partial charge in [0.05, 0.1) is 12.5 Å². The van der Waals surface area contributed by atoms with Crippen LogP contribution in [0.3, 0.4) is 0 Å². The maximum atomic E-state index is 11.6. The minimum atomic E-state index is -0.662. The number of benzene rings is 1. The van der Waals surface area contributed by atoms with Gasteiger partial charge in [-0.3, -0.25) is 4.79 Å². The van der Waals surface area contributed by atoms with Gasteiger partial charge < -0.3 is 10.5 Å². The normalized spacial score (nSPS) is 13.2. The summed E-state index contributed by atoms with van der Waals surface area (Å²) in [5.74, 6) is -0.268. The van der Waals surface area contributed by atoms with Crippen molar-refractivity contribution in [2.75, 3.05) is 7.11 Å². The number of esters is 1. The van der Waals surface area contributed by atoms with E-state index in [1.54, 1.807) is 0 Å². The second-order valence-electron chi connectivity index (χ2n) is 4.51. The van der Waals surface area contributed by atoms with Crippen LogP contribution < -0.4 is 5.73 Å². The lowest BCUT2D eigenvalue weighted by Crippen LogP contribution is -2.45. The van der Waals surface area contributed by atoms with Crippen LogP contribution in [0.25, 0.3) is 0 Å². The van der Waals surface area contributed by atoms with Gasteiger partial charge in [-0.1, -0.05) is 30.3 Å². The summed E-state index contributed by atoms with van der Waals surface area (Å²) in [5.41, 5.74) is 6.53. The quantitative estimate of drug-likeness (QED) is 0.788. The zero-order chi connectivity index (χ0) is 12.2. The number of rotatable bonds is 4. The third-order valence-electron chi connectivity index (χ3n) is 2.94. The molecule has 1 rings (SSSR count). The maximum absolute atomic E-state index is 11.6. The van der Waals surface area contributed by atoms with Gasteiger partial charge in [0.2, 0.25) is 0 Å². The van der Waals surface area contributed by atoms with Crippen LogP contribution in [-0.2, 0) is 16.0 Å². The molecule has 0 radical (unpaired) electrons. The topological polar surface area (TPSA) is 52.3 Å². The number of nitrogens with two attached hydrogens (primary N) is 1. The lowest BCUT2D eigenvalue weighted by molar-refractivity contribution is -0.151. The molecule has 3 heteroatoms. The summed E-state index contributed by atoms with van der Waals surface area (Å²) in [4.78, 5) is 11.6. The minimum Gasteiger partial charge on any atom is -0.469 e. The molecule has 0 fully saturated rings. The summed E-state index contributed by atoms with van der Waals surface area (Å²) >= 11 is 0. The molecular formula is C13H19NO2. The molecule has 2 N–H and O–H groups in total. The molecule has 0 spiro atoms. The SMILES string of the molecule is COC(=O)C(C)(C)C(N)Cc1ccccc1. The van der Waals surface area contributed by atoms with Crippen molar-refractivity contribution >= 4 is 5.97 Å². The molecule has 0 aliphatic rings. The van der Waals surface area contributed by atoms with Gasteiger partial charge in [0.15, 0.2) is 0 Å². The first-order valence-electron chi connectivity index (χ1n) is 5.36. The minimum absolute atomic E-state index is 0.248. The van der Waals surface area contributed by atoms with Gasteiger partial charge >= 0.3 is 5.97 Å². The first-order chi connectivity index (χ1) is 7.48. The zero-order valence-corrected chi connectivity index (χ0v) is 10.1. The van der Waals surface area contributed by atoms with E-state index >= 15 is 0 Å². The second kappa shape index (κ2) is 5.12. The van der Waals surface area contributed by atoms with Gasteiger partial charge in [0, 0.05) is 6.04 Å². The first-order valence-corrected chi connectivity index (χ1v) is 5.36. The Morgan fingerprint density at radius 3 is 2.44 bits per heavy atom. The fourth-order valence-electron chi connectivity index (χ4n) is 1.54. The Morgan fingerprint density at radius 1 is 1.38 bits per heavy atom. The second-order valence-corrected chi connectivity index (χ2v) is 4.51. The molecular weight excluding hydrogens is 202 g/mol. The summed E-state index contributed by atoms with van der Waals surface area (Å²) in [6.07, 6.45) is 0.670. The van der Waals surface area contributed by atoms with Crippen LogP contribution in [0.4, 0.5) is 0 Å². The van der Waals surface area contributed by atoms with Crippen LogP contribution in [0.2, 0.25) is 0 Å². The van der Waals surface area contributed by atoms with E-state index in [1.807, 2.05) is 44.2 Å². The van der Waals surface area contributed by atoms with Crippen LogP contribution in [0, 0.1) is 5.41 Å². The number of hydrogen-bond acceptors (Lipinski definition) is 3. The van der Waals surface area contributed by atoms with Gasteiger partial charge in [0.1, 0.15) is 0 Å². The monoisotopic (exact) mass is 221 g/mol. The van der Waals surface area contributed by atoms with Crippen molar-refractivity contribution in [2.24, 2.45) is 11.1 Å². The van der Waals surface area contributed by atoms with E-state index in [-0.39, 0.29) is 12.0 Å². The van der Waals surface area contributed by atoms with Gasteiger partial charge in [-0.25, -0.2) is 0 Å². The highest BCUT2D eigenvalue weighted by Crippen LogP contribution is 2.23. The van der Waals surface area contributed by atoms with Gasteiger partial charge in [-0.2, -0.15) is 0 Å². The zero-order valence-electron chi connectivity index (χ0n) is 10.1. The van der Waals surface area contributed by atoms with Crippen molar-refractivity contribution in [1.82, 2.24) is 0 Å². The number of carbonyl (C=O) groups is 1. The van der Waals surface area contributed by atoms with Gasteiger partial charge in [-0.15, -0.1) is 0 Å². The summed E-state index contributed by atoms with van der Waals surface area (Å²) in [6.45, 7) is 3.62. The molecule has 1 aromatic carbocycles. The van der Waals surface area contributed by atoms with Gasteiger partial charge in [0.25, 0.3) is 0 Å².